The number of benzene rings is 1. The third-order valence-corrected chi connectivity index (χ3v) is 5.70. The highest BCUT2D eigenvalue weighted by molar-refractivity contribution is 5.96. The third-order valence-electron chi connectivity index (χ3n) is 5.70. The predicted octanol–water partition coefficient (Wildman–Crippen LogP) is 1.77. The molecular formula is C20H23N5O3. The molecule has 8 heteroatoms. The van der Waals surface area contributed by atoms with Crippen molar-refractivity contribution in [3.05, 3.63) is 52.8 Å². The van der Waals surface area contributed by atoms with Crippen LogP contribution in [0, 0.1) is 0 Å². The van der Waals surface area contributed by atoms with Crippen molar-refractivity contribution in [2.45, 2.75) is 44.9 Å². The number of aromatic carboxylic acids is 1. The van der Waals surface area contributed by atoms with Crippen LogP contribution in [0.3, 0.4) is 0 Å². The van der Waals surface area contributed by atoms with E-state index in [1.165, 1.54) is 12.1 Å². The van der Waals surface area contributed by atoms with Crippen molar-refractivity contribution in [2.24, 2.45) is 0 Å². The summed E-state index contributed by atoms with van der Waals surface area (Å²) >= 11 is 0. The van der Waals surface area contributed by atoms with Gasteiger partial charge in [-0.05, 0) is 44.0 Å². The normalized spacial score (nSPS) is 22.1. The van der Waals surface area contributed by atoms with Gasteiger partial charge in [0.1, 0.15) is 0 Å². The van der Waals surface area contributed by atoms with E-state index < -0.39 is 5.97 Å². The number of nitrogen functional groups attached to an aromatic ring is 1. The molecule has 2 aliphatic rings. The number of nitrogens with zero attached hydrogens (tertiary/aromatic N) is 4. The number of carboxylic acid groups (broad SMARTS) is 1. The first-order chi connectivity index (χ1) is 13.4. The SMILES string of the molecule is C[C@H]1C[C@@H](N2Cc3cnc(N)nc3C2)CCN1C(=O)c1ccc(C(=O)O)cc1. The van der Waals surface area contributed by atoms with Crippen LogP contribution >= 0.6 is 0 Å². The summed E-state index contributed by atoms with van der Waals surface area (Å²) < 4.78 is 0. The number of carbonyl (C=O) groups excluding carboxylic acids is 1. The summed E-state index contributed by atoms with van der Waals surface area (Å²) in [6.45, 7) is 4.32. The molecule has 1 aromatic carbocycles. The summed E-state index contributed by atoms with van der Waals surface area (Å²) in [6, 6.07) is 6.60. The van der Waals surface area contributed by atoms with Crippen LogP contribution in [0.2, 0.25) is 0 Å². The van der Waals surface area contributed by atoms with Crippen LogP contribution in [0.4, 0.5) is 5.95 Å². The smallest absolute Gasteiger partial charge is 0.335 e. The Morgan fingerprint density at radius 1 is 1.18 bits per heavy atom. The topological polar surface area (TPSA) is 113 Å². The minimum absolute atomic E-state index is 0.0498. The lowest BCUT2D eigenvalue weighted by molar-refractivity contribution is 0.0460. The van der Waals surface area contributed by atoms with Crippen LogP contribution in [0.5, 0.6) is 0 Å². The molecule has 0 unspecified atom stereocenters. The molecule has 3 N–H and O–H groups in total. The summed E-state index contributed by atoms with van der Waals surface area (Å²) in [7, 11) is 0. The van der Waals surface area contributed by atoms with Gasteiger partial charge in [-0.3, -0.25) is 9.69 Å². The number of likely N-dealkylation sites (tertiary alicyclic amines) is 1. The van der Waals surface area contributed by atoms with E-state index in [1.807, 2.05) is 4.90 Å². The van der Waals surface area contributed by atoms with Crippen molar-refractivity contribution >= 4 is 17.8 Å². The minimum atomic E-state index is -0.994. The Morgan fingerprint density at radius 2 is 1.89 bits per heavy atom. The van der Waals surface area contributed by atoms with Gasteiger partial charge >= 0.3 is 5.97 Å². The fourth-order valence-electron chi connectivity index (χ4n) is 4.15. The van der Waals surface area contributed by atoms with Crippen molar-refractivity contribution in [3.63, 3.8) is 0 Å². The lowest BCUT2D eigenvalue weighted by atomic mass is 9.96. The number of amides is 1. The van der Waals surface area contributed by atoms with Crippen molar-refractivity contribution in [2.75, 3.05) is 12.3 Å². The number of aromatic nitrogens is 2. The predicted molar refractivity (Wildman–Crippen MR) is 103 cm³/mol. The van der Waals surface area contributed by atoms with Crippen LogP contribution < -0.4 is 5.73 Å². The number of carbonyl (C=O) groups is 2. The van der Waals surface area contributed by atoms with E-state index in [-0.39, 0.29) is 17.5 Å². The number of anilines is 1. The third kappa shape index (κ3) is 3.43. The van der Waals surface area contributed by atoms with E-state index in [2.05, 4.69) is 21.8 Å². The second-order valence-electron chi connectivity index (χ2n) is 7.51. The quantitative estimate of drug-likeness (QED) is 0.833. The lowest BCUT2D eigenvalue weighted by Gasteiger charge is -2.41. The molecule has 0 radical (unpaired) electrons. The number of carboxylic acids is 1. The van der Waals surface area contributed by atoms with Gasteiger partial charge in [-0.1, -0.05) is 0 Å². The van der Waals surface area contributed by atoms with Crippen LogP contribution in [-0.2, 0) is 13.1 Å². The Balaban J connectivity index is 1.40. The summed E-state index contributed by atoms with van der Waals surface area (Å²) in [5, 5.41) is 9.00. The molecule has 8 nitrogen and oxygen atoms in total. The van der Waals surface area contributed by atoms with Gasteiger partial charge in [-0.25, -0.2) is 14.8 Å². The first kappa shape index (κ1) is 18.4. The van der Waals surface area contributed by atoms with Gasteiger partial charge in [-0.15, -0.1) is 0 Å². The average Bonchev–Trinajstić information content (AvgIpc) is 3.10. The molecule has 1 aromatic heterocycles. The van der Waals surface area contributed by atoms with Crippen LogP contribution in [0.15, 0.2) is 30.5 Å². The van der Waals surface area contributed by atoms with E-state index in [4.69, 9.17) is 10.8 Å². The molecule has 1 saturated heterocycles. The molecule has 2 aliphatic heterocycles. The van der Waals surface area contributed by atoms with Gasteiger partial charge in [0.15, 0.2) is 0 Å². The molecule has 4 rings (SSSR count). The molecule has 1 fully saturated rings. The molecule has 146 valence electrons. The molecule has 1 amide bonds. The Bertz CT molecular complexity index is 915. The molecule has 0 bridgehead atoms. The minimum Gasteiger partial charge on any atom is -0.478 e. The van der Waals surface area contributed by atoms with Crippen molar-refractivity contribution in [1.29, 1.82) is 0 Å². The van der Waals surface area contributed by atoms with E-state index >= 15 is 0 Å². The van der Waals surface area contributed by atoms with Crippen LogP contribution in [-0.4, -0.2) is 55.4 Å². The highest BCUT2D eigenvalue weighted by Gasteiger charge is 2.35. The van der Waals surface area contributed by atoms with Gasteiger partial charge in [0, 0.05) is 49.0 Å². The van der Waals surface area contributed by atoms with Gasteiger partial charge in [0.2, 0.25) is 5.95 Å². The van der Waals surface area contributed by atoms with Crippen LogP contribution in [0.1, 0.15) is 51.7 Å². The first-order valence-electron chi connectivity index (χ1n) is 9.41. The molecule has 2 aromatic rings. The zero-order valence-corrected chi connectivity index (χ0v) is 15.7. The van der Waals surface area contributed by atoms with E-state index in [0.717, 1.165) is 37.2 Å². The van der Waals surface area contributed by atoms with Gasteiger partial charge in [0.25, 0.3) is 5.91 Å². The van der Waals surface area contributed by atoms with Crippen molar-refractivity contribution in [1.82, 2.24) is 19.8 Å². The zero-order valence-electron chi connectivity index (χ0n) is 15.7. The van der Waals surface area contributed by atoms with Gasteiger partial charge < -0.3 is 15.7 Å². The maximum absolute atomic E-state index is 12.9. The number of fused-ring (bicyclic) bond motifs is 1. The zero-order chi connectivity index (χ0) is 19.8. The average molecular weight is 381 g/mol. The number of hydrogen-bond donors (Lipinski definition) is 2. The van der Waals surface area contributed by atoms with Gasteiger partial charge in [0.05, 0.1) is 11.3 Å². The van der Waals surface area contributed by atoms with Crippen molar-refractivity contribution in [3.8, 4) is 0 Å². The number of piperidine rings is 1. The monoisotopic (exact) mass is 381 g/mol. The maximum Gasteiger partial charge on any atom is 0.335 e. The van der Waals surface area contributed by atoms with E-state index in [1.54, 1.807) is 18.3 Å². The molecular weight excluding hydrogens is 358 g/mol. The molecule has 3 heterocycles. The fraction of sp³-hybridized carbons (Fsp3) is 0.400. The highest BCUT2D eigenvalue weighted by Crippen LogP contribution is 2.30. The lowest BCUT2D eigenvalue weighted by Crippen LogP contribution is -2.50. The maximum atomic E-state index is 12.9. The molecule has 2 atom stereocenters. The Morgan fingerprint density at radius 3 is 2.57 bits per heavy atom. The van der Waals surface area contributed by atoms with Crippen LogP contribution in [0.25, 0.3) is 0 Å². The largest absolute Gasteiger partial charge is 0.478 e. The highest BCUT2D eigenvalue weighted by atomic mass is 16.4. The second kappa shape index (κ2) is 7.20. The van der Waals surface area contributed by atoms with E-state index in [0.29, 0.717) is 24.1 Å². The number of hydrogen-bond acceptors (Lipinski definition) is 6. The standard InChI is InChI=1S/C20H23N5O3/c1-12-8-16(24-10-15-9-22-20(21)23-17(15)11-24)6-7-25(12)18(26)13-2-4-14(5-3-13)19(27)28/h2-5,9,12,16H,6-8,10-11H2,1H3,(H,27,28)(H2,21,22,23)/t12-,16-/m0/s1. The fourth-order valence-corrected chi connectivity index (χ4v) is 4.15. The summed E-state index contributed by atoms with van der Waals surface area (Å²) in [6.07, 6.45) is 3.58. The van der Waals surface area contributed by atoms with E-state index in [9.17, 15) is 9.59 Å². The second-order valence-corrected chi connectivity index (χ2v) is 7.51. The number of rotatable bonds is 3. The number of nitrogens with two attached hydrogens (primary N) is 1. The Hall–Kier alpha value is -3.00. The Labute approximate surface area is 163 Å². The molecule has 0 saturated carbocycles. The van der Waals surface area contributed by atoms with Crippen molar-refractivity contribution < 1.29 is 14.7 Å². The summed E-state index contributed by atoms with van der Waals surface area (Å²) in [4.78, 5) is 36.5. The van der Waals surface area contributed by atoms with Gasteiger partial charge in [-0.2, -0.15) is 0 Å². The molecule has 0 aliphatic carbocycles. The summed E-state index contributed by atoms with van der Waals surface area (Å²) in [5.41, 5.74) is 8.52. The molecule has 28 heavy (non-hydrogen) atoms. The Kier molecular flexibility index (Phi) is 4.72. The summed E-state index contributed by atoms with van der Waals surface area (Å²) in [5.74, 6) is -0.735. The molecule has 0 spiro atoms. The first-order valence-corrected chi connectivity index (χ1v) is 9.41.